The number of nitrogens with two attached hydrogens (primary N) is 2. The summed E-state index contributed by atoms with van der Waals surface area (Å²) in [5.74, 6) is -1.01. The summed E-state index contributed by atoms with van der Waals surface area (Å²) >= 11 is 0. The van der Waals surface area contributed by atoms with Gasteiger partial charge in [-0.15, -0.1) is 0 Å². The normalized spacial score (nSPS) is 29.0. The Bertz CT molecular complexity index is 825. The molecule has 2 heterocycles. The van der Waals surface area contributed by atoms with Gasteiger partial charge in [-0.05, 0) is 17.5 Å². The van der Waals surface area contributed by atoms with Gasteiger partial charge in [0.05, 0.1) is 0 Å². The van der Waals surface area contributed by atoms with Crippen LogP contribution in [0.5, 0.6) is 0 Å². The second kappa shape index (κ2) is 8.54. The van der Waals surface area contributed by atoms with E-state index >= 15 is 0 Å². The number of rotatable bonds is 7. The Morgan fingerprint density at radius 3 is 2.86 bits per heavy atom. The fourth-order valence-corrected chi connectivity index (χ4v) is 2.68. The minimum Gasteiger partial charge on any atom is -0.461 e. The topological polar surface area (TPSA) is 212 Å². The van der Waals surface area contributed by atoms with Crippen LogP contribution in [-0.4, -0.2) is 56.3 Å². The number of azide groups is 1. The number of carbonyl (C=O) groups excluding carboxylic acids is 1. The van der Waals surface area contributed by atoms with Crippen molar-refractivity contribution < 1.29 is 24.5 Å². The number of nitrogens with zero attached hydrogens (tertiary/aromatic N) is 5. The molecule has 6 atom stereocenters. The van der Waals surface area contributed by atoms with Gasteiger partial charge >= 0.3 is 11.7 Å². The van der Waals surface area contributed by atoms with Crippen LogP contribution in [0.1, 0.15) is 26.5 Å². The number of hydrogen-bond acceptors (Lipinski definition) is 10. The summed E-state index contributed by atoms with van der Waals surface area (Å²) in [5.41, 5.74) is 17.1. The van der Waals surface area contributed by atoms with E-state index in [1.165, 1.54) is 12.3 Å². The van der Waals surface area contributed by atoms with Crippen LogP contribution >= 0.6 is 0 Å². The standard InChI is InChI=1S/C15H23N7O6/c1-3-7(2)9(17)13(25)27-6-15(20-21-18)11(24)10(23)12(28-15)22-5-4-8(16)19-14(22)26/h4-5,7,9-12,23-24H,3,6,17H2,1-2H3,(H2,16,19,26)/t7?,9?,10-,11+,12+,15-/m1/s1. The van der Waals surface area contributed by atoms with Gasteiger partial charge in [0.1, 0.15) is 30.7 Å². The molecule has 0 radical (unpaired) electrons. The third kappa shape index (κ3) is 4.08. The predicted octanol–water partition coefficient (Wildman–Crippen LogP) is -1.00. The lowest BCUT2D eigenvalue weighted by molar-refractivity contribution is -0.167. The largest absolute Gasteiger partial charge is 0.461 e. The molecular weight excluding hydrogens is 374 g/mol. The van der Waals surface area contributed by atoms with Crippen LogP contribution in [0.3, 0.4) is 0 Å². The maximum Gasteiger partial charge on any atom is 0.351 e. The fourth-order valence-electron chi connectivity index (χ4n) is 2.68. The van der Waals surface area contributed by atoms with E-state index in [-0.39, 0.29) is 11.7 Å². The SMILES string of the molecule is CCC(C)C(N)C(=O)OC[C@@]1(N=[N+]=[N-])O[C@H](n2ccc(N)nc2=O)[C@H](O)[C@@H]1O. The molecule has 1 fully saturated rings. The van der Waals surface area contributed by atoms with E-state index in [4.69, 9.17) is 26.5 Å². The molecule has 1 aliphatic heterocycles. The molecule has 2 unspecified atom stereocenters. The number of carbonyl (C=O) groups is 1. The van der Waals surface area contributed by atoms with Gasteiger partial charge < -0.3 is 31.2 Å². The number of nitrogen functional groups attached to an aromatic ring is 1. The smallest absolute Gasteiger partial charge is 0.351 e. The predicted molar refractivity (Wildman–Crippen MR) is 95.3 cm³/mol. The Morgan fingerprint density at radius 2 is 2.29 bits per heavy atom. The second-order valence-electron chi connectivity index (χ2n) is 6.54. The Balaban J connectivity index is 2.27. The summed E-state index contributed by atoms with van der Waals surface area (Å²) in [4.78, 5) is 30.2. The summed E-state index contributed by atoms with van der Waals surface area (Å²) in [7, 11) is 0. The summed E-state index contributed by atoms with van der Waals surface area (Å²) in [5, 5.41) is 24.1. The third-order valence-electron chi connectivity index (χ3n) is 4.69. The molecule has 1 aromatic rings. The summed E-state index contributed by atoms with van der Waals surface area (Å²) in [6.07, 6.45) is -3.11. The van der Waals surface area contributed by atoms with Crippen molar-refractivity contribution in [2.75, 3.05) is 12.3 Å². The number of hydrogen-bond donors (Lipinski definition) is 4. The number of aromatic nitrogens is 2. The molecule has 13 heteroatoms. The Labute approximate surface area is 159 Å². The fraction of sp³-hybridized carbons (Fsp3) is 0.667. The molecule has 0 aromatic carbocycles. The van der Waals surface area contributed by atoms with Crippen LogP contribution < -0.4 is 17.2 Å². The van der Waals surface area contributed by atoms with Crippen molar-refractivity contribution in [2.24, 2.45) is 16.8 Å². The van der Waals surface area contributed by atoms with Crippen molar-refractivity contribution in [3.05, 3.63) is 33.2 Å². The van der Waals surface area contributed by atoms with Crippen LogP contribution in [0.15, 0.2) is 22.2 Å². The van der Waals surface area contributed by atoms with E-state index in [1.807, 2.05) is 6.92 Å². The van der Waals surface area contributed by atoms with Crippen molar-refractivity contribution in [1.82, 2.24) is 9.55 Å². The molecule has 0 saturated carbocycles. The molecular formula is C15H23N7O6. The van der Waals surface area contributed by atoms with Crippen LogP contribution in [0.25, 0.3) is 10.4 Å². The van der Waals surface area contributed by atoms with Gasteiger partial charge in [-0.25, -0.2) is 4.79 Å². The van der Waals surface area contributed by atoms with Gasteiger partial charge in [0.15, 0.2) is 6.23 Å². The van der Waals surface area contributed by atoms with E-state index in [0.29, 0.717) is 6.42 Å². The van der Waals surface area contributed by atoms with Gasteiger partial charge in [-0.2, -0.15) is 4.98 Å². The lowest BCUT2D eigenvalue weighted by atomic mass is 10.0. The van der Waals surface area contributed by atoms with Gasteiger partial charge in [0.25, 0.3) is 0 Å². The van der Waals surface area contributed by atoms with Gasteiger partial charge in [0.2, 0.25) is 5.72 Å². The number of ether oxygens (including phenoxy) is 2. The average Bonchev–Trinajstić information content (AvgIpc) is 2.90. The number of aliphatic hydroxyl groups excluding tert-OH is 2. The minimum absolute atomic E-state index is 0.0523. The molecule has 0 bridgehead atoms. The van der Waals surface area contributed by atoms with Crippen LogP contribution in [0.2, 0.25) is 0 Å². The molecule has 1 aliphatic rings. The maximum atomic E-state index is 12.1. The lowest BCUT2D eigenvalue weighted by Gasteiger charge is -2.27. The Morgan fingerprint density at radius 1 is 1.61 bits per heavy atom. The molecule has 13 nitrogen and oxygen atoms in total. The molecule has 28 heavy (non-hydrogen) atoms. The van der Waals surface area contributed by atoms with E-state index in [2.05, 4.69) is 15.0 Å². The van der Waals surface area contributed by atoms with E-state index in [9.17, 15) is 19.8 Å². The molecule has 0 spiro atoms. The third-order valence-corrected chi connectivity index (χ3v) is 4.69. The first-order valence-electron chi connectivity index (χ1n) is 8.54. The van der Waals surface area contributed by atoms with Crippen molar-refractivity contribution in [1.29, 1.82) is 0 Å². The number of esters is 1. The zero-order chi connectivity index (χ0) is 21.1. The summed E-state index contributed by atoms with van der Waals surface area (Å²) in [6, 6.07) is 0.346. The zero-order valence-corrected chi connectivity index (χ0v) is 15.4. The van der Waals surface area contributed by atoms with Crippen LogP contribution in [0.4, 0.5) is 5.82 Å². The molecule has 1 saturated heterocycles. The van der Waals surface area contributed by atoms with Crippen molar-refractivity contribution >= 4 is 11.8 Å². The first-order chi connectivity index (χ1) is 13.2. The first-order valence-corrected chi connectivity index (χ1v) is 8.54. The maximum absolute atomic E-state index is 12.1. The quantitative estimate of drug-likeness (QED) is 0.192. The minimum atomic E-state index is -2.16. The van der Waals surface area contributed by atoms with E-state index < -0.39 is 48.5 Å². The first kappa shape index (κ1) is 21.6. The monoisotopic (exact) mass is 397 g/mol. The highest BCUT2D eigenvalue weighted by Gasteiger charge is 2.56. The zero-order valence-electron chi connectivity index (χ0n) is 15.4. The second-order valence-corrected chi connectivity index (χ2v) is 6.54. The highest BCUT2D eigenvalue weighted by atomic mass is 16.6. The average molecular weight is 397 g/mol. The van der Waals surface area contributed by atoms with Gasteiger partial charge in [-0.3, -0.25) is 9.36 Å². The highest BCUT2D eigenvalue weighted by molar-refractivity contribution is 5.75. The van der Waals surface area contributed by atoms with E-state index in [0.717, 1.165) is 4.57 Å². The molecule has 6 N–H and O–H groups in total. The Hall–Kier alpha value is -2.70. The van der Waals surface area contributed by atoms with Crippen molar-refractivity contribution in [3.63, 3.8) is 0 Å². The Kier molecular flexibility index (Phi) is 6.59. The molecule has 154 valence electrons. The molecule has 2 rings (SSSR count). The van der Waals surface area contributed by atoms with Gasteiger partial charge in [-0.1, -0.05) is 25.4 Å². The van der Waals surface area contributed by atoms with Crippen LogP contribution in [-0.2, 0) is 14.3 Å². The molecule has 0 aliphatic carbocycles. The number of aliphatic hydroxyl groups is 2. The number of anilines is 1. The molecule has 0 amide bonds. The van der Waals surface area contributed by atoms with Crippen molar-refractivity contribution in [3.8, 4) is 0 Å². The van der Waals surface area contributed by atoms with E-state index in [1.54, 1.807) is 6.92 Å². The lowest BCUT2D eigenvalue weighted by Crippen LogP contribution is -2.47. The summed E-state index contributed by atoms with van der Waals surface area (Å²) < 4.78 is 11.4. The van der Waals surface area contributed by atoms with Crippen LogP contribution in [0, 0.1) is 5.92 Å². The van der Waals surface area contributed by atoms with Gasteiger partial charge in [0, 0.05) is 11.1 Å². The summed E-state index contributed by atoms with van der Waals surface area (Å²) in [6.45, 7) is 2.89. The highest BCUT2D eigenvalue weighted by Crippen LogP contribution is 2.38. The molecule has 1 aromatic heterocycles. The van der Waals surface area contributed by atoms with Crippen molar-refractivity contribution in [2.45, 2.75) is 50.5 Å².